The number of aliphatic hydroxyl groups is 1. The molecular weight excluding hydrogens is 334 g/mol. The fourth-order valence-electron chi connectivity index (χ4n) is 3.65. The summed E-state index contributed by atoms with van der Waals surface area (Å²) in [5, 5.41) is 11.1. The molecule has 2 fully saturated rings. The fourth-order valence-corrected chi connectivity index (χ4v) is 3.65. The highest BCUT2D eigenvalue weighted by atomic mass is 16.5. The zero-order chi connectivity index (χ0) is 18.2. The van der Waals surface area contributed by atoms with E-state index < -0.39 is 11.1 Å². The highest BCUT2D eigenvalue weighted by molar-refractivity contribution is 5.94. The second-order valence-corrected chi connectivity index (χ2v) is 7.32. The summed E-state index contributed by atoms with van der Waals surface area (Å²) in [6, 6.07) is 3.86. The van der Waals surface area contributed by atoms with Gasteiger partial charge < -0.3 is 25.1 Å². The summed E-state index contributed by atoms with van der Waals surface area (Å²) in [6.45, 7) is 3.63. The van der Waals surface area contributed by atoms with Crippen LogP contribution in [0.4, 0.5) is 0 Å². The molecule has 0 bridgehead atoms. The molecular formula is C19H25N3O4. The Kier molecular flexibility index (Phi) is 4.56. The van der Waals surface area contributed by atoms with Gasteiger partial charge in [0.1, 0.15) is 17.2 Å². The highest BCUT2D eigenvalue weighted by Gasteiger charge is 2.59. The van der Waals surface area contributed by atoms with E-state index in [0.717, 1.165) is 29.7 Å². The summed E-state index contributed by atoms with van der Waals surface area (Å²) < 4.78 is 16.9. The van der Waals surface area contributed by atoms with Gasteiger partial charge in [0.25, 0.3) is 0 Å². The van der Waals surface area contributed by atoms with Crippen LogP contribution in [0.15, 0.2) is 35.2 Å². The molecule has 1 unspecified atom stereocenters. The predicted molar refractivity (Wildman–Crippen MR) is 96.5 cm³/mol. The van der Waals surface area contributed by atoms with Crippen molar-refractivity contribution in [2.45, 2.75) is 43.4 Å². The molecule has 7 heteroatoms. The molecule has 4 rings (SSSR count). The van der Waals surface area contributed by atoms with Gasteiger partial charge in [-0.1, -0.05) is 6.07 Å². The molecule has 140 valence electrons. The Morgan fingerprint density at radius 3 is 2.65 bits per heavy atom. The Morgan fingerprint density at radius 2 is 2.04 bits per heavy atom. The molecule has 0 aromatic carbocycles. The third kappa shape index (κ3) is 2.95. The van der Waals surface area contributed by atoms with Gasteiger partial charge in [-0.2, -0.15) is 0 Å². The maximum absolute atomic E-state index is 11.1. The largest absolute Gasteiger partial charge is 0.476 e. The van der Waals surface area contributed by atoms with Gasteiger partial charge in [0, 0.05) is 37.4 Å². The zero-order valence-electron chi connectivity index (χ0n) is 15.0. The van der Waals surface area contributed by atoms with Crippen LogP contribution in [0.25, 0.3) is 5.57 Å². The Balaban J connectivity index is 1.70. The van der Waals surface area contributed by atoms with Gasteiger partial charge in [-0.3, -0.25) is 4.98 Å². The van der Waals surface area contributed by atoms with Crippen molar-refractivity contribution in [3.63, 3.8) is 0 Å². The topological polar surface area (TPSA) is 99.2 Å². The monoisotopic (exact) mass is 359 g/mol. The third-order valence-electron chi connectivity index (χ3n) is 5.51. The molecule has 0 saturated carbocycles. The minimum absolute atomic E-state index is 0.00256. The normalized spacial score (nSPS) is 29.1. The minimum Gasteiger partial charge on any atom is -0.476 e. The second kappa shape index (κ2) is 6.74. The first-order valence-corrected chi connectivity index (χ1v) is 9.05. The van der Waals surface area contributed by atoms with Crippen molar-refractivity contribution in [3.8, 4) is 0 Å². The number of nitrogens with zero attached hydrogens (tertiary/aromatic N) is 2. The van der Waals surface area contributed by atoms with Gasteiger partial charge in [0.2, 0.25) is 5.90 Å². The molecule has 1 atom stereocenters. The first-order chi connectivity index (χ1) is 12.5. The van der Waals surface area contributed by atoms with Gasteiger partial charge in [-0.25, -0.2) is 4.99 Å². The number of hydrogen-bond donors (Lipinski definition) is 2. The Hall–Kier alpha value is -1.80. The maximum atomic E-state index is 11.1. The lowest BCUT2D eigenvalue weighted by atomic mass is 9.72. The number of ether oxygens (including phenoxy) is 3. The lowest BCUT2D eigenvalue weighted by Gasteiger charge is -2.51. The lowest BCUT2D eigenvalue weighted by molar-refractivity contribution is -0.203. The van der Waals surface area contributed by atoms with Crippen LogP contribution in [0, 0.1) is 0 Å². The van der Waals surface area contributed by atoms with Crippen molar-refractivity contribution in [1.82, 2.24) is 4.98 Å². The van der Waals surface area contributed by atoms with Crippen LogP contribution in [0.2, 0.25) is 0 Å². The molecule has 0 spiro atoms. The van der Waals surface area contributed by atoms with Gasteiger partial charge >= 0.3 is 0 Å². The Labute approximate surface area is 152 Å². The number of aromatic nitrogens is 1. The molecule has 4 heterocycles. The number of hydrogen-bond acceptors (Lipinski definition) is 7. The first kappa shape index (κ1) is 17.6. The molecule has 0 amide bonds. The van der Waals surface area contributed by atoms with E-state index in [0.29, 0.717) is 25.5 Å². The van der Waals surface area contributed by atoms with Crippen LogP contribution in [0.3, 0.4) is 0 Å². The zero-order valence-corrected chi connectivity index (χ0v) is 15.0. The Bertz CT molecular complexity index is 724. The van der Waals surface area contributed by atoms with Crippen LogP contribution in [0.1, 0.15) is 31.7 Å². The van der Waals surface area contributed by atoms with Crippen molar-refractivity contribution in [3.05, 3.63) is 35.8 Å². The van der Waals surface area contributed by atoms with Crippen LogP contribution in [-0.2, 0) is 14.2 Å². The van der Waals surface area contributed by atoms with Crippen molar-refractivity contribution in [1.29, 1.82) is 0 Å². The molecule has 1 aromatic heterocycles. The van der Waals surface area contributed by atoms with E-state index >= 15 is 0 Å². The minimum atomic E-state index is -1.19. The fraction of sp³-hybridized carbons (Fsp3) is 0.579. The second-order valence-electron chi connectivity index (χ2n) is 7.32. The van der Waals surface area contributed by atoms with Gasteiger partial charge in [-0.05, 0) is 24.1 Å². The van der Waals surface area contributed by atoms with Crippen molar-refractivity contribution < 1.29 is 19.3 Å². The predicted octanol–water partition coefficient (Wildman–Crippen LogP) is 1.27. The van der Waals surface area contributed by atoms with E-state index in [2.05, 4.69) is 4.98 Å². The summed E-state index contributed by atoms with van der Waals surface area (Å²) in [6.07, 6.45) is 5.54. The number of rotatable bonds is 3. The standard InChI is InChI=1S/C19H25N3O4/c1-13-16(14-3-2-6-21-10-14)9-19(20,18(23)11-25-12-18)17(22-13)26-15-4-7-24-8-5-15/h2-3,6,10,15,23H,4-5,7-9,11-12,20H2,1H3. The van der Waals surface area contributed by atoms with Crippen LogP contribution in [-0.4, -0.2) is 59.7 Å². The average molecular weight is 359 g/mol. The summed E-state index contributed by atoms with van der Waals surface area (Å²) in [5.41, 5.74) is 7.22. The van der Waals surface area contributed by atoms with Crippen LogP contribution >= 0.6 is 0 Å². The Morgan fingerprint density at radius 1 is 1.27 bits per heavy atom. The molecule has 26 heavy (non-hydrogen) atoms. The van der Waals surface area contributed by atoms with E-state index in [-0.39, 0.29) is 19.3 Å². The quantitative estimate of drug-likeness (QED) is 0.843. The maximum Gasteiger partial charge on any atom is 0.212 e. The summed E-state index contributed by atoms with van der Waals surface area (Å²) >= 11 is 0. The molecule has 2 saturated heterocycles. The van der Waals surface area contributed by atoms with Crippen molar-refractivity contribution >= 4 is 11.5 Å². The molecule has 3 N–H and O–H groups in total. The molecule has 3 aliphatic heterocycles. The molecule has 0 radical (unpaired) electrons. The van der Waals surface area contributed by atoms with E-state index in [4.69, 9.17) is 24.9 Å². The van der Waals surface area contributed by atoms with Gasteiger partial charge in [-0.15, -0.1) is 0 Å². The van der Waals surface area contributed by atoms with Crippen LogP contribution in [0.5, 0.6) is 0 Å². The van der Waals surface area contributed by atoms with E-state index in [1.165, 1.54) is 0 Å². The van der Waals surface area contributed by atoms with Gasteiger partial charge in [0.15, 0.2) is 0 Å². The number of nitrogens with two attached hydrogens (primary N) is 1. The third-order valence-corrected chi connectivity index (χ3v) is 5.51. The van der Waals surface area contributed by atoms with E-state index in [1.807, 2.05) is 19.1 Å². The summed E-state index contributed by atoms with van der Waals surface area (Å²) in [5.74, 6) is 0.403. The van der Waals surface area contributed by atoms with Gasteiger partial charge in [0.05, 0.1) is 26.4 Å². The van der Waals surface area contributed by atoms with Crippen molar-refractivity contribution in [2.75, 3.05) is 26.4 Å². The highest BCUT2D eigenvalue weighted by Crippen LogP contribution is 2.42. The SMILES string of the molecule is CC1=C(c2cccnc2)CC(N)(C2(O)COC2)C(OC2CCOCC2)=N1. The number of aliphatic imine (C=N–C) groups is 1. The molecule has 1 aromatic rings. The summed E-state index contributed by atoms with van der Waals surface area (Å²) in [4.78, 5) is 8.90. The first-order valence-electron chi connectivity index (χ1n) is 9.05. The smallest absolute Gasteiger partial charge is 0.212 e. The average Bonchev–Trinajstić information content (AvgIpc) is 2.64. The van der Waals surface area contributed by atoms with E-state index in [9.17, 15) is 5.11 Å². The van der Waals surface area contributed by atoms with E-state index in [1.54, 1.807) is 12.4 Å². The molecule has 3 aliphatic rings. The van der Waals surface area contributed by atoms with Crippen molar-refractivity contribution in [2.24, 2.45) is 10.7 Å². The number of allylic oxidation sites excluding steroid dienone is 1. The molecule has 7 nitrogen and oxygen atoms in total. The molecule has 0 aliphatic carbocycles. The number of pyridine rings is 1. The van der Waals surface area contributed by atoms with Crippen LogP contribution < -0.4 is 5.73 Å². The lowest BCUT2D eigenvalue weighted by Crippen LogP contribution is -2.74. The summed E-state index contributed by atoms with van der Waals surface area (Å²) in [7, 11) is 0.